The smallest absolute Gasteiger partial charge is 0.216 e. The van der Waals surface area contributed by atoms with Gasteiger partial charge in [0, 0.05) is 10.6 Å². The summed E-state index contributed by atoms with van der Waals surface area (Å²) in [5.74, 6) is 0.715. The van der Waals surface area contributed by atoms with Crippen LogP contribution in [0.25, 0.3) is 0 Å². The fourth-order valence-corrected chi connectivity index (χ4v) is 1.45. The fourth-order valence-electron chi connectivity index (χ4n) is 1.32. The molecule has 15 heavy (non-hydrogen) atoms. The van der Waals surface area contributed by atoms with E-state index in [0.29, 0.717) is 12.5 Å². The minimum absolute atomic E-state index is 0. The molecule has 4 heteroatoms. The van der Waals surface area contributed by atoms with E-state index < -0.39 is 0 Å². The van der Waals surface area contributed by atoms with Gasteiger partial charge in [0.05, 0.1) is 5.54 Å². The molecule has 0 saturated heterocycles. The van der Waals surface area contributed by atoms with Crippen LogP contribution in [0.3, 0.4) is 0 Å². The minimum atomic E-state index is -0.102. The largest absolute Gasteiger partial charge is 0.475 e. The molecule has 1 aliphatic rings. The lowest BCUT2D eigenvalue weighted by molar-refractivity contribution is 0.279. The van der Waals surface area contributed by atoms with Gasteiger partial charge in [-0.15, -0.1) is 12.4 Å². The summed E-state index contributed by atoms with van der Waals surface area (Å²) in [5, 5.41) is 0.728. The monoisotopic (exact) mass is 245 g/mol. The Labute approximate surface area is 101 Å². The number of rotatable bonds is 1. The second-order valence-corrected chi connectivity index (χ2v) is 4.46. The molecule has 2 nitrogen and oxygen atoms in total. The van der Waals surface area contributed by atoms with E-state index in [1.54, 1.807) is 0 Å². The Balaban J connectivity index is 0.00000112. The first-order chi connectivity index (χ1) is 6.57. The molecular formula is C11H13Cl2NO. The van der Waals surface area contributed by atoms with Gasteiger partial charge in [0.2, 0.25) is 5.90 Å². The molecule has 0 amide bonds. The lowest BCUT2D eigenvalue weighted by Gasteiger charge is -2.07. The van der Waals surface area contributed by atoms with Crippen molar-refractivity contribution >= 4 is 29.9 Å². The molecule has 1 aromatic rings. The third kappa shape index (κ3) is 2.86. The molecule has 0 spiro atoms. The van der Waals surface area contributed by atoms with Gasteiger partial charge >= 0.3 is 0 Å². The van der Waals surface area contributed by atoms with E-state index in [-0.39, 0.29) is 17.9 Å². The second kappa shape index (κ2) is 4.42. The van der Waals surface area contributed by atoms with Crippen molar-refractivity contribution < 1.29 is 4.74 Å². The Kier molecular flexibility index (Phi) is 3.63. The molecular weight excluding hydrogens is 233 g/mol. The van der Waals surface area contributed by atoms with Gasteiger partial charge in [-0.1, -0.05) is 11.6 Å². The zero-order valence-electron chi connectivity index (χ0n) is 8.66. The second-order valence-electron chi connectivity index (χ2n) is 4.02. The number of hydrogen-bond donors (Lipinski definition) is 0. The Hall–Kier alpha value is -0.730. The summed E-state index contributed by atoms with van der Waals surface area (Å²) in [6, 6.07) is 7.52. The van der Waals surface area contributed by atoms with E-state index in [0.717, 1.165) is 10.6 Å². The first-order valence-electron chi connectivity index (χ1n) is 4.55. The highest BCUT2D eigenvalue weighted by Gasteiger charge is 2.26. The molecule has 1 aliphatic heterocycles. The predicted octanol–water partition coefficient (Wildman–Crippen LogP) is 3.32. The van der Waals surface area contributed by atoms with Crippen LogP contribution in [0.2, 0.25) is 5.02 Å². The average molecular weight is 246 g/mol. The highest BCUT2D eigenvalue weighted by molar-refractivity contribution is 6.30. The van der Waals surface area contributed by atoms with Crippen LogP contribution in [-0.4, -0.2) is 18.0 Å². The third-order valence-electron chi connectivity index (χ3n) is 2.06. The standard InChI is InChI=1S/C11H12ClNO.ClH/c1-11(2)7-14-10(13-11)8-3-5-9(12)6-4-8;/h3-6H,7H2,1-2H3;1H. The number of halogens is 2. The molecule has 0 aliphatic carbocycles. The van der Waals surface area contributed by atoms with Crippen molar-refractivity contribution in [2.45, 2.75) is 19.4 Å². The van der Waals surface area contributed by atoms with E-state index in [2.05, 4.69) is 18.8 Å². The van der Waals surface area contributed by atoms with Gasteiger partial charge in [-0.2, -0.15) is 0 Å². The summed E-state index contributed by atoms with van der Waals surface area (Å²) in [6.07, 6.45) is 0. The van der Waals surface area contributed by atoms with Gasteiger partial charge in [-0.05, 0) is 38.1 Å². The Morgan fingerprint density at radius 3 is 2.33 bits per heavy atom. The summed E-state index contributed by atoms with van der Waals surface area (Å²) >= 11 is 5.79. The van der Waals surface area contributed by atoms with Gasteiger partial charge in [0.1, 0.15) is 6.61 Å². The summed E-state index contributed by atoms with van der Waals surface area (Å²) in [7, 11) is 0. The van der Waals surface area contributed by atoms with Gasteiger partial charge in [-0.25, -0.2) is 4.99 Å². The molecule has 0 aromatic heterocycles. The number of aliphatic imine (C=N–C) groups is 1. The normalized spacial score (nSPS) is 17.7. The van der Waals surface area contributed by atoms with Gasteiger partial charge in [0.25, 0.3) is 0 Å². The number of ether oxygens (including phenoxy) is 1. The van der Waals surface area contributed by atoms with Crippen LogP contribution in [0.4, 0.5) is 0 Å². The summed E-state index contributed by atoms with van der Waals surface area (Å²) in [6.45, 7) is 4.75. The van der Waals surface area contributed by atoms with Gasteiger partial charge in [0.15, 0.2) is 0 Å². The van der Waals surface area contributed by atoms with E-state index >= 15 is 0 Å². The van der Waals surface area contributed by atoms with Crippen molar-refractivity contribution in [1.82, 2.24) is 0 Å². The van der Waals surface area contributed by atoms with Crippen molar-refractivity contribution in [2.24, 2.45) is 4.99 Å². The summed E-state index contributed by atoms with van der Waals surface area (Å²) in [4.78, 5) is 4.47. The molecule has 0 bridgehead atoms. The Morgan fingerprint density at radius 1 is 1.27 bits per heavy atom. The topological polar surface area (TPSA) is 21.6 Å². The Bertz CT molecular complexity index is 371. The molecule has 0 atom stereocenters. The molecule has 82 valence electrons. The van der Waals surface area contributed by atoms with Crippen molar-refractivity contribution in [2.75, 3.05) is 6.61 Å². The van der Waals surface area contributed by atoms with Crippen LogP contribution in [0.5, 0.6) is 0 Å². The van der Waals surface area contributed by atoms with Crippen LogP contribution in [0.1, 0.15) is 19.4 Å². The number of hydrogen-bond acceptors (Lipinski definition) is 2. The molecule has 0 fully saturated rings. The van der Waals surface area contributed by atoms with E-state index in [1.807, 2.05) is 24.3 Å². The number of nitrogens with zero attached hydrogens (tertiary/aromatic N) is 1. The summed E-state index contributed by atoms with van der Waals surface area (Å²) in [5.41, 5.74) is 0.884. The first-order valence-corrected chi connectivity index (χ1v) is 4.93. The SMILES string of the molecule is CC1(C)COC(c2ccc(Cl)cc2)=N1.Cl. The van der Waals surface area contributed by atoms with Crippen LogP contribution in [-0.2, 0) is 4.74 Å². The molecule has 0 unspecified atom stereocenters. The predicted molar refractivity (Wildman–Crippen MR) is 65.3 cm³/mol. The van der Waals surface area contributed by atoms with E-state index in [1.165, 1.54) is 0 Å². The molecule has 1 heterocycles. The lowest BCUT2D eigenvalue weighted by Crippen LogP contribution is -2.17. The van der Waals surface area contributed by atoms with Crippen molar-refractivity contribution in [3.63, 3.8) is 0 Å². The van der Waals surface area contributed by atoms with Crippen LogP contribution < -0.4 is 0 Å². The molecule has 0 radical (unpaired) electrons. The Morgan fingerprint density at radius 2 is 1.87 bits per heavy atom. The van der Waals surface area contributed by atoms with Gasteiger partial charge < -0.3 is 4.74 Å². The molecule has 0 saturated carbocycles. The van der Waals surface area contributed by atoms with Crippen molar-refractivity contribution in [3.8, 4) is 0 Å². The summed E-state index contributed by atoms with van der Waals surface area (Å²) < 4.78 is 5.50. The molecule has 0 N–H and O–H groups in total. The fraction of sp³-hybridized carbons (Fsp3) is 0.364. The highest BCUT2D eigenvalue weighted by Crippen LogP contribution is 2.21. The van der Waals surface area contributed by atoms with Crippen LogP contribution in [0.15, 0.2) is 29.3 Å². The minimum Gasteiger partial charge on any atom is -0.475 e. The zero-order chi connectivity index (χ0) is 10.2. The average Bonchev–Trinajstić information content (AvgIpc) is 2.47. The highest BCUT2D eigenvalue weighted by atomic mass is 35.5. The number of benzene rings is 1. The molecule has 1 aromatic carbocycles. The van der Waals surface area contributed by atoms with E-state index in [4.69, 9.17) is 16.3 Å². The maximum Gasteiger partial charge on any atom is 0.216 e. The van der Waals surface area contributed by atoms with Crippen molar-refractivity contribution in [1.29, 1.82) is 0 Å². The van der Waals surface area contributed by atoms with Crippen molar-refractivity contribution in [3.05, 3.63) is 34.9 Å². The van der Waals surface area contributed by atoms with Gasteiger partial charge in [-0.3, -0.25) is 0 Å². The van der Waals surface area contributed by atoms with E-state index in [9.17, 15) is 0 Å². The maximum atomic E-state index is 5.79. The van der Waals surface area contributed by atoms with Crippen LogP contribution >= 0.6 is 24.0 Å². The lowest BCUT2D eigenvalue weighted by atomic mass is 10.1. The maximum absolute atomic E-state index is 5.79. The zero-order valence-corrected chi connectivity index (χ0v) is 10.2. The quantitative estimate of drug-likeness (QED) is 0.744. The first kappa shape index (κ1) is 12.3. The molecule has 2 rings (SSSR count). The third-order valence-corrected chi connectivity index (χ3v) is 2.31. The van der Waals surface area contributed by atoms with Crippen LogP contribution in [0, 0.1) is 0 Å².